The van der Waals surface area contributed by atoms with E-state index in [2.05, 4.69) is 10.3 Å². The zero-order valence-electron chi connectivity index (χ0n) is 23.7. The molecule has 3 heterocycles. The van der Waals surface area contributed by atoms with Crippen molar-refractivity contribution in [2.45, 2.75) is 38.0 Å². The third-order valence-corrected chi connectivity index (χ3v) is 7.24. The predicted octanol–water partition coefficient (Wildman–Crippen LogP) is -0.558. The third kappa shape index (κ3) is 7.87. The number of piperazine rings is 1. The van der Waals surface area contributed by atoms with E-state index in [0.29, 0.717) is 10.9 Å². The molecule has 1 aromatic carbocycles. The normalized spacial score (nSPS) is 19.2. The van der Waals surface area contributed by atoms with Gasteiger partial charge in [0.05, 0.1) is 24.3 Å². The second kappa shape index (κ2) is 14.1. The molecule has 15 nitrogen and oxygen atoms in total. The number of hydrogen-bond donors (Lipinski definition) is 4. The summed E-state index contributed by atoms with van der Waals surface area (Å²) in [6.07, 6.45) is -3.11. The van der Waals surface area contributed by atoms with Crippen LogP contribution in [-0.2, 0) is 19.1 Å². The van der Waals surface area contributed by atoms with Crippen molar-refractivity contribution in [3.8, 4) is 5.75 Å². The van der Waals surface area contributed by atoms with E-state index in [0.717, 1.165) is 0 Å². The molecule has 1 aromatic heterocycles. The number of benzene rings is 1. The first kappa shape index (κ1) is 31.4. The number of carbonyl (C=O) groups excluding carboxylic acids is 4. The van der Waals surface area contributed by atoms with Crippen molar-refractivity contribution in [3.63, 3.8) is 0 Å². The molecule has 4 N–H and O–H groups in total. The second-order valence-corrected chi connectivity index (χ2v) is 10.2. The van der Waals surface area contributed by atoms with Crippen molar-refractivity contribution in [3.05, 3.63) is 36.0 Å². The van der Waals surface area contributed by atoms with Gasteiger partial charge in [-0.2, -0.15) is 0 Å². The van der Waals surface area contributed by atoms with Gasteiger partial charge in [0, 0.05) is 57.1 Å². The van der Waals surface area contributed by atoms with Gasteiger partial charge in [0.1, 0.15) is 17.5 Å². The van der Waals surface area contributed by atoms with E-state index in [1.54, 1.807) is 31.2 Å². The average molecular weight is 602 g/mol. The molecular formula is C28H35N5O10. The molecule has 0 bridgehead atoms. The maximum Gasteiger partial charge on any atom is 0.409 e. The number of hydrogen-bond acceptors (Lipinski definition) is 10. The molecular weight excluding hydrogens is 566 g/mol. The minimum absolute atomic E-state index is 0.0300. The number of carbonyl (C=O) groups is 5. The van der Waals surface area contributed by atoms with Gasteiger partial charge in [0.25, 0.3) is 11.8 Å². The molecule has 232 valence electrons. The average Bonchev–Trinajstić information content (AvgIpc) is 3.34. The van der Waals surface area contributed by atoms with Crippen LogP contribution in [0.25, 0.3) is 10.9 Å². The minimum atomic E-state index is -1.18. The number of pyridine rings is 1. The van der Waals surface area contributed by atoms with Gasteiger partial charge in [-0.25, -0.2) is 9.78 Å². The number of likely N-dealkylation sites (tertiary alicyclic amines) is 1. The third-order valence-electron chi connectivity index (χ3n) is 7.24. The largest absolute Gasteiger partial charge is 0.483 e. The Balaban J connectivity index is 1.48. The van der Waals surface area contributed by atoms with Crippen LogP contribution >= 0.6 is 0 Å². The summed E-state index contributed by atoms with van der Waals surface area (Å²) in [5.41, 5.74) is 0.265. The van der Waals surface area contributed by atoms with Crippen molar-refractivity contribution in [2.75, 3.05) is 52.5 Å². The lowest BCUT2D eigenvalue weighted by Gasteiger charge is -2.35. The fraction of sp³-hybridized carbons (Fsp3) is 0.500. The van der Waals surface area contributed by atoms with E-state index in [1.807, 2.05) is 0 Å². The number of aromatic nitrogens is 1. The Hall–Kier alpha value is -4.50. The van der Waals surface area contributed by atoms with Crippen LogP contribution in [0, 0.1) is 0 Å². The summed E-state index contributed by atoms with van der Waals surface area (Å²) in [6, 6.07) is 6.93. The van der Waals surface area contributed by atoms with Crippen LogP contribution in [0.3, 0.4) is 0 Å². The number of amides is 4. The molecule has 4 rings (SSSR count). The maximum atomic E-state index is 13.4. The number of ether oxygens (including phenoxy) is 2. The van der Waals surface area contributed by atoms with Crippen molar-refractivity contribution in [1.82, 2.24) is 25.0 Å². The van der Waals surface area contributed by atoms with E-state index in [4.69, 9.17) is 9.47 Å². The number of para-hydroxylation sites is 1. The fourth-order valence-electron chi connectivity index (χ4n) is 4.89. The highest BCUT2D eigenvalue weighted by Gasteiger charge is 2.33. The first-order chi connectivity index (χ1) is 20.6. The van der Waals surface area contributed by atoms with Gasteiger partial charge in [-0.3, -0.25) is 19.2 Å². The van der Waals surface area contributed by atoms with Gasteiger partial charge >= 0.3 is 12.1 Å². The zero-order valence-corrected chi connectivity index (χ0v) is 23.7. The van der Waals surface area contributed by atoms with Crippen LogP contribution < -0.4 is 10.1 Å². The van der Waals surface area contributed by atoms with Gasteiger partial charge in [0.2, 0.25) is 5.91 Å². The van der Waals surface area contributed by atoms with Gasteiger partial charge in [-0.15, -0.1) is 0 Å². The van der Waals surface area contributed by atoms with Gasteiger partial charge in [-0.1, -0.05) is 12.1 Å². The first-order valence-electron chi connectivity index (χ1n) is 14.0. The highest BCUT2D eigenvalue weighted by molar-refractivity contribution is 5.99. The molecule has 1 unspecified atom stereocenters. The summed E-state index contributed by atoms with van der Waals surface area (Å²) in [4.78, 5) is 71.2. The Morgan fingerprint density at radius 2 is 1.65 bits per heavy atom. The number of carboxylic acids is 1. The highest BCUT2D eigenvalue weighted by Crippen LogP contribution is 2.26. The highest BCUT2D eigenvalue weighted by atomic mass is 16.6. The molecule has 3 atom stereocenters. The van der Waals surface area contributed by atoms with Gasteiger partial charge in [-0.05, 0) is 25.5 Å². The van der Waals surface area contributed by atoms with Gasteiger partial charge < -0.3 is 44.8 Å². The Morgan fingerprint density at radius 1 is 1.00 bits per heavy atom. The molecule has 0 spiro atoms. The number of aliphatic carboxylic acids is 1. The Kier molecular flexibility index (Phi) is 10.3. The molecule has 0 radical (unpaired) electrons. The molecule has 4 amide bonds. The number of nitrogens with zero attached hydrogens (tertiary/aromatic N) is 4. The second-order valence-electron chi connectivity index (χ2n) is 10.2. The minimum Gasteiger partial charge on any atom is -0.483 e. The number of β-amino-alcohol motifs (C(OH)–C–C–N with tert-alkyl or cyclic N) is 2. The van der Waals surface area contributed by atoms with Crippen LogP contribution in [0.2, 0.25) is 0 Å². The summed E-state index contributed by atoms with van der Waals surface area (Å²) in [5.74, 6) is -2.67. The Morgan fingerprint density at radius 3 is 2.30 bits per heavy atom. The molecule has 0 aliphatic carbocycles. The van der Waals surface area contributed by atoms with E-state index >= 15 is 0 Å². The van der Waals surface area contributed by atoms with Crippen LogP contribution in [-0.4, -0.2) is 136 Å². The first-order valence-corrected chi connectivity index (χ1v) is 14.0. The smallest absolute Gasteiger partial charge is 0.409 e. The van der Waals surface area contributed by atoms with E-state index in [1.165, 1.54) is 20.8 Å². The maximum absolute atomic E-state index is 13.4. The Bertz CT molecular complexity index is 1350. The molecule has 2 aromatic rings. The monoisotopic (exact) mass is 601 g/mol. The standard InChI is InChI=1S/C28H35N5O10/c1-2-42-28(41)32-11-9-31(10-12-32)27(40)19(7-8-25(37)38)30-26(39)20-13-23(17-5-3-4-6-18(17)29-20)43-16-24(36)33-14-21(34)22(35)15-33/h3-6,13,19,21-22,34-35H,2,7-12,14-16H2,1H3,(H,30,39)(H,37,38)/t19?,21-,22-/m1/s1. The zero-order chi connectivity index (χ0) is 31.1. The summed E-state index contributed by atoms with van der Waals surface area (Å²) in [6.45, 7) is 2.25. The molecule has 2 aliphatic heterocycles. The predicted molar refractivity (Wildman–Crippen MR) is 149 cm³/mol. The van der Waals surface area contributed by atoms with Crippen molar-refractivity contribution < 1.29 is 48.8 Å². The van der Waals surface area contributed by atoms with Crippen LogP contribution in [0.4, 0.5) is 4.79 Å². The van der Waals surface area contributed by atoms with E-state index < -0.39 is 54.6 Å². The molecule has 2 saturated heterocycles. The van der Waals surface area contributed by atoms with E-state index in [9.17, 15) is 39.3 Å². The van der Waals surface area contributed by atoms with Crippen molar-refractivity contribution >= 4 is 40.7 Å². The SMILES string of the molecule is CCOC(=O)N1CCN(C(=O)C(CCC(=O)O)NC(=O)c2cc(OCC(=O)N3C[C@@H](O)[C@H](O)C3)c3ccccc3n2)CC1. The molecule has 43 heavy (non-hydrogen) atoms. The van der Waals surface area contributed by atoms with Crippen LogP contribution in [0.1, 0.15) is 30.3 Å². The Labute approximate surface area is 247 Å². The molecule has 15 heteroatoms. The number of carboxylic acid groups (broad SMARTS) is 1. The molecule has 2 fully saturated rings. The lowest BCUT2D eigenvalue weighted by molar-refractivity contribution is -0.138. The number of rotatable bonds is 10. The van der Waals surface area contributed by atoms with Crippen molar-refractivity contribution in [1.29, 1.82) is 0 Å². The summed E-state index contributed by atoms with van der Waals surface area (Å²) < 4.78 is 10.8. The van der Waals surface area contributed by atoms with Crippen LogP contribution in [0.15, 0.2) is 30.3 Å². The summed E-state index contributed by atoms with van der Waals surface area (Å²) in [5, 5.41) is 31.8. The molecule has 2 aliphatic rings. The fourth-order valence-corrected chi connectivity index (χ4v) is 4.89. The summed E-state index contributed by atoms with van der Waals surface area (Å²) in [7, 11) is 0. The molecule has 0 saturated carbocycles. The van der Waals surface area contributed by atoms with Gasteiger partial charge in [0.15, 0.2) is 6.61 Å². The lowest BCUT2D eigenvalue weighted by Crippen LogP contribution is -2.56. The number of aliphatic hydroxyl groups is 2. The number of fused-ring (bicyclic) bond motifs is 1. The van der Waals surface area contributed by atoms with E-state index in [-0.39, 0.29) is 70.2 Å². The number of nitrogens with one attached hydrogen (secondary N) is 1. The van der Waals surface area contributed by atoms with Crippen LogP contribution in [0.5, 0.6) is 5.75 Å². The lowest BCUT2D eigenvalue weighted by atomic mass is 10.1. The topological polar surface area (TPSA) is 199 Å². The van der Waals surface area contributed by atoms with Crippen molar-refractivity contribution in [2.24, 2.45) is 0 Å². The number of aliphatic hydroxyl groups excluding tert-OH is 2. The summed E-state index contributed by atoms with van der Waals surface area (Å²) >= 11 is 0. The quantitative estimate of drug-likeness (QED) is 0.272.